The van der Waals surface area contributed by atoms with Crippen molar-refractivity contribution in [3.8, 4) is 23.2 Å². The summed E-state index contributed by atoms with van der Waals surface area (Å²) in [6.45, 7) is 8.49. The van der Waals surface area contributed by atoms with Gasteiger partial charge in [-0.25, -0.2) is 15.0 Å². The SMILES string of the molecule is Cc1ccc2ccc(Oc3[c-]c4c(cc3)c3cc(C(C)(C)C)ccc3n4-c3ccncn3)nc2c1O.[Pt]. The molecule has 0 spiro atoms. The van der Waals surface area contributed by atoms with Gasteiger partial charge in [-0.2, -0.15) is 6.07 Å². The largest absolute Gasteiger partial charge is 0.505 e. The first kappa shape index (κ1) is 24.9. The molecule has 6 nitrogen and oxygen atoms in total. The number of phenolic OH excluding ortho intramolecular Hbond substituents is 1. The van der Waals surface area contributed by atoms with Gasteiger partial charge in [0.15, 0.2) is 0 Å². The van der Waals surface area contributed by atoms with E-state index in [9.17, 15) is 5.11 Å². The van der Waals surface area contributed by atoms with E-state index in [0.29, 0.717) is 17.1 Å². The molecular formula is C30H25N4O2Pt-. The van der Waals surface area contributed by atoms with Gasteiger partial charge in [-0.05, 0) is 47.1 Å². The Balaban J connectivity index is 0.00000280. The van der Waals surface area contributed by atoms with Crippen LogP contribution >= 0.6 is 0 Å². The molecule has 0 radical (unpaired) electrons. The van der Waals surface area contributed by atoms with Gasteiger partial charge < -0.3 is 14.4 Å². The second-order valence-corrected chi connectivity index (χ2v) is 10.0. The Hall–Kier alpha value is -3.76. The molecule has 0 amide bonds. The second kappa shape index (κ2) is 9.28. The minimum atomic E-state index is 0. The summed E-state index contributed by atoms with van der Waals surface area (Å²) >= 11 is 0. The molecule has 0 saturated heterocycles. The Morgan fingerprint density at radius 2 is 1.76 bits per heavy atom. The number of hydrogen-bond acceptors (Lipinski definition) is 5. The van der Waals surface area contributed by atoms with Crippen molar-refractivity contribution in [2.24, 2.45) is 0 Å². The molecule has 6 rings (SSSR count). The van der Waals surface area contributed by atoms with Gasteiger partial charge >= 0.3 is 0 Å². The van der Waals surface area contributed by atoms with Gasteiger partial charge in [0, 0.05) is 50.0 Å². The average Bonchev–Trinajstić information content (AvgIpc) is 3.19. The summed E-state index contributed by atoms with van der Waals surface area (Å²) in [4.78, 5) is 13.1. The smallest absolute Gasteiger partial charge is 0.217 e. The Bertz CT molecular complexity index is 1770. The van der Waals surface area contributed by atoms with Crippen molar-refractivity contribution in [3.63, 3.8) is 0 Å². The van der Waals surface area contributed by atoms with Crippen LogP contribution in [0.15, 0.2) is 73.2 Å². The molecule has 7 heteroatoms. The number of hydrogen-bond donors (Lipinski definition) is 1. The topological polar surface area (TPSA) is 73.1 Å². The van der Waals surface area contributed by atoms with E-state index >= 15 is 0 Å². The van der Waals surface area contributed by atoms with Crippen LogP contribution in [0.4, 0.5) is 0 Å². The van der Waals surface area contributed by atoms with Crippen molar-refractivity contribution < 1.29 is 30.9 Å². The second-order valence-electron chi connectivity index (χ2n) is 10.0. The Morgan fingerprint density at radius 1 is 0.946 bits per heavy atom. The van der Waals surface area contributed by atoms with E-state index < -0.39 is 0 Å². The average molecular weight is 669 g/mol. The first-order valence-electron chi connectivity index (χ1n) is 11.8. The Labute approximate surface area is 229 Å². The minimum Gasteiger partial charge on any atom is -0.505 e. The van der Waals surface area contributed by atoms with Gasteiger partial charge in [-0.3, -0.25) is 0 Å². The summed E-state index contributed by atoms with van der Waals surface area (Å²) in [6.07, 6.45) is 3.28. The fraction of sp³-hybridized carbons (Fsp3) is 0.167. The molecule has 6 aromatic rings. The van der Waals surface area contributed by atoms with Crippen LogP contribution < -0.4 is 4.74 Å². The van der Waals surface area contributed by atoms with E-state index in [4.69, 9.17) is 4.74 Å². The zero-order valence-corrected chi connectivity index (χ0v) is 23.2. The summed E-state index contributed by atoms with van der Waals surface area (Å²) in [5.74, 6) is 1.83. The van der Waals surface area contributed by atoms with Crippen molar-refractivity contribution in [1.29, 1.82) is 0 Å². The van der Waals surface area contributed by atoms with E-state index in [1.165, 1.54) is 5.56 Å². The van der Waals surface area contributed by atoms with Crippen LogP contribution in [0.25, 0.3) is 38.5 Å². The van der Waals surface area contributed by atoms with Crippen LogP contribution in [0.5, 0.6) is 17.4 Å². The number of aryl methyl sites for hydroxylation is 1. The summed E-state index contributed by atoms with van der Waals surface area (Å²) in [7, 11) is 0. The van der Waals surface area contributed by atoms with Crippen LogP contribution in [0, 0.1) is 13.0 Å². The fourth-order valence-corrected chi connectivity index (χ4v) is 4.53. The van der Waals surface area contributed by atoms with E-state index in [1.807, 2.05) is 37.3 Å². The van der Waals surface area contributed by atoms with E-state index in [1.54, 1.807) is 18.6 Å². The maximum Gasteiger partial charge on any atom is 0.217 e. The molecule has 1 N–H and O–H groups in total. The third-order valence-electron chi connectivity index (χ3n) is 6.54. The molecule has 0 atom stereocenters. The van der Waals surface area contributed by atoms with Gasteiger partial charge in [0.1, 0.15) is 23.4 Å². The number of aromatic hydroxyl groups is 1. The summed E-state index contributed by atoms with van der Waals surface area (Å²) in [5.41, 5.74) is 4.45. The third kappa shape index (κ3) is 4.36. The Morgan fingerprint density at radius 3 is 2.51 bits per heavy atom. The van der Waals surface area contributed by atoms with Gasteiger partial charge in [-0.15, -0.1) is 17.5 Å². The fourth-order valence-electron chi connectivity index (χ4n) is 4.53. The number of fused-ring (bicyclic) bond motifs is 4. The molecule has 188 valence electrons. The van der Waals surface area contributed by atoms with Crippen molar-refractivity contribution in [1.82, 2.24) is 19.5 Å². The summed E-state index contributed by atoms with van der Waals surface area (Å²) in [5, 5.41) is 13.5. The number of ether oxygens (including phenoxy) is 1. The molecule has 3 heterocycles. The third-order valence-corrected chi connectivity index (χ3v) is 6.54. The van der Waals surface area contributed by atoms with E-state index in [0.717, 1.165) is 38.6 Å². The molecule has 0 fully saturated rings. The first-order chi connectivity index (χ1) is 17.3. The molecule has 0 aliphatic carbocycles. The number of phenols is 1. The van der Waals surface area contributed by atoms with Crippen molar-refractivity contribution in [3.05, 3.63) is 90.4 Å². The number of aromatic nitrogens is 4. The molecular weight excluding hydrogens is 643 g/mol. The number of pyridine rings is 1. The summed E-state index contributed by atoms with van der Waals surface area (Å²) < 4.78 is 8.21. The van der Waals surface area contributed by atoms with Crippen LogP contribution in [0.2, 0.25) is 0 Å². The van der Waals surface area contributed by atoms with Crippen LogP contribution in [0.3, 0.4) is 0 Å². The van der Waals surface area contributed by atoms with Gasteiger partial charge in [0.2, 0.25) is 5.88 Å². The van der Waals surface area contributed by atoms with Crippen LogP contribution in [-0.4, -0.2) is 24.6 Å². The molecule has 0 bridgehead atoms. The van der Waals surface area contributed by atoms with Gasteiger partial charge in [0.05, 0.1) is 0 Å². The predicted octanol–water partition coefficient (Wildman–Crippen LogP) is 7.02. The van der Waals surface area contributed by atoms with Crippen LogP contribution in [0.1, 0.15) is 31.9 Å². The first-order valence-corrected chi connectivity index (χ1v) is 11.8. The monoisotopic (exact) mass is 668 g/mol. The summed E-state index contributed by atoms with van der Waals surface area (Å²) in [6, 6.07) is 23.3. The number of rotatable bonds is 3. The zero-order valence-electron chi connectivity index (χ0n) is 20.9. The normalized spacial score (nSPS) is 11.7. The van der Waals surface area contributed by atoms with Crippen LogP contribution in [-0.2, 0) is 26.5 Å². The quantitative estimate of drug-likeness (QED) is 0.205. The molecule has 3 aromatic heterocycles. The number of benzene rings is 3. The van der Waals surface area contributed by atoms with E-state index in [-0.39, 0.29) is 32.2 Å². The molecule has 3 aromatic carbocycles. The van der Waals surface area contributed by atoms with Crippen molar-refractivity contribution in [2.75, 3.05) is 0 Å². The molecule has 37 heavy (non-hydrogen) atoms. The molecule has 0 saturated carbocycles. The molecule has 0 unspecified atom stereocenters. The standard InChI is InChI=1S/C30H25N4O2.Pt/c1-18-5-6-19-7-12-27(33-28(19)29(18)35)36-21-9-10-22-23-15-20(30(2,3)4)8-11-24(23)34(25(22)16-21)26-13-14-31-17-32-26;/h5-15,17,35H,1-4H3;/q-1;. The molecule has 0 aliphatic rings. The van der Waals surface area contributed by atoms with Crippen molar-refractivity contribution >= 4 is 32.7 Å². The maximum atomic E-state index is 10.5. The maximum absolute atomic E-state index is 10.5. The van der Waals surface area contributed by atoms with E-state index in [2.05, 4.69) is 70.6 Å². The number of nitrogens with zero attached hydrogens (tertiary/aromatic N) is 4. The molecule has 0 aliphatic heterocycles. The van der Waals surface area contributed by atoms with Gasteiger partial charge in [-0.1, -0.05) is 50.6 Å². The van der Waals surface area contributed by atoms with Gasteiger partial charge in [0.25, 0.3) is 0 Å². The zero-order chi connectivity index (χ0) is 25.0. The minimum absolute atomic E-state index is 0. The van der Waals surface area contributed by atoms with Crippen molar-refractivity contribution in [2.45, 2.75) is 33.1 Å². The predicted molar refractivity (Wildman–Crippen MR) is 142 cm³/mol. The Kier molecular flexibility index (Phi) is 6.24.